The number of nitrogens with one attached hydrogen (secondary N) is 1. The summed E-state index contributed by atoms with van der Waals surface area (Å²) in [4.78, 5) is 11.1. The molecule has 0 saturated heterocycles. The van der Waals surface area contributed by atoms with Gasteiger partial charge in [0, 0.05) is 18.8 Å². The minimum atomic E-state index is 0.0922. The first kappa shape index (κ1) is 10.8. The summed E-state index contributed by atoms with van der Waals surface area (Å²) in [5.41, 5.74) is 0. The topological polar surface area (TPSA) is 29.1 Å². The smallest absolute Gasteiger partial charge is 0.221 e. The highest BCUT2D eigenvalue weighted by Crippen LogP contribution is 2.29. The van der Waals surface area contributed by atoms with Crippen LogP contribution in [0.1, 0.15) is 32.6 Å². The van der Waals surface area contributed by atoms with Crippen molar-refractivity contribution in [1.29, 1.82) is 0 Å². The zero-order valence-electron chi connectivity index (χ0n) is 8.18. The van der Waals surface area contributed by atoms with E-state index >= 15 is 0 Å². The van der Waals surface area contributed by atoms with Crippen molar-refractivity contribution >= 4 is 17.5 Å². The van der Waals surface area contributed by atoms with E-state index < -0.39 is 0 Å². The number of carbonyl (C=O) groups excluding carboxylic acids is 1. The van der Waals surface area contributed by atoms with Gasteiger partial charge in [0.05, 0.1) is 0 Å². The van der Waals surface area contributed by atoms with E-state index in [0.717, 1.165) is 12.5 Å². The van der Waals surface area contributed by atoms with Gasteiger partial charge < -0.3 is 5.32 Å². The average molecular weight is 204 g/mol. The molecule has 0 aromatic carbocycles. The van der Waals surface area contributed by atoms with Crippen molar-refractivity contribution in [2.24, 2.45) is 11.8 Å². The maximum absolute atomic E-state index is 11.1. The summed E-state index contributed by atoms with van der Waals surface area (Å²) in [6, 6.07) is 0. The van der Waals surface area contributed by atoms with Gasteiger partial charge >= 0.3 is 0 Å². The van der Waals surface area contributed by atoms with E-state index in [1.807, 2.05) is 0 Å². The van der Waals surface area contributed by atoms with Gasteiger partial charge in [0.25, 0.3) is 0 Å². The molecule has 0 bridgehead atoms. The molecule has 1 N–H and O–H groups in total. The number of halogens is 1. The molecule has 2 unspecified atom stereocenters. The van der Waals surface area contributed by atoms with Gasteiger partial charge in [-0.1, -0.05) is 13.3 Å². The summed E-state index contributed by atoms with van der Waals surface area (Å²) in [7, 11) is 0. The maximum atomic E-state index is 11.1. The van der Waals surface area contributed by atoms with Crippen LogP contribution in [0.4, 0.5) is 0 Å². The third-order valence-electron chi connectivity index (χ3n) is 2.71. The van der Waals surface area contributed by atoms with Crippen LogP contribution in [-0.4, -0.2) is 18.3 Å². The van der Waals surface area contributed by atoms with Crippen molar-refractivity contribution in [3.63, 3.8) is 0 Å². The summed E-state index contributed by atoms with van der Waals surface area (Å²) >= 11 is 5.45. The summed E-state index contributed by atoms with van der Waals surface area (Å²) in [5, 5.41) is 2.92. The van der Waals surface area contributed by atoms with Crippen molar-refractivity contribution in [1.82, 2.24) is 5.32 Å². The van der Waals surface area contributed by atoms with Crippen molar-refractivity contribution in [2.75, 3.05) is 12.4 Å². The van der Waals surface area contributed by atoms with Crippen LogP contribution in [0.5, 0.6) is 0 Å². The molecular weight excluding hydrogens is 186 g/mol. The van der Waals surface area contributed by atoms with Crippen molar-refractivity contribution in [2.45, 2.75) is 32.6 Å². The molecule has 1 amide bonds. The predicted octanol–water partition coefficient (Wildman–Crippen LogP) is 2.17. The molecule has 1 fully saturated rings. The van der Waals surface area contributed by atoms with Crippen molar-refractivity contribution in [3.8, 4) is 0 Å². The minimum Gasteiger partial charge on any atom is -0.356 e. The van der Waals surface area contributed by atoms with Gasteiger partial charge in [-0.2, -0.15) is 0 Å². The Morgan fingerprint density at radius 1 is 1.54 bits per heavy atom. The van der Waals surface area contributed by atoms with Crippen LogP contribution in [0.3, 0.4) is 0 Å². The summed E-state index contributed by atoms with van der Waals surface area (Å²) in [6.45, 7) is 3.13. The quantitative estimate of drug-likeness (QED) is 0.698. The lowest BCUT2D eigenvalue weighted by atomic mass is 10.1. The average Bonchev–Trinajstić information content (AvgIpc) is 2.49. The Kier molecular flexibility index (Phi) is 4.57. The second kappa shape index (κ2) is 5.48. The lowest BCUT2D eigenvalue weighted by molar-refractivity contribution is -0.120. The molecular formula is C10H18ClNO. The molecule has 0 spiro atoms. The molecule has 0 aromatic heterocycles. The van der Waals surface area contributed by atoms with Gasteiger partial charge in [0.15, 0.2) is 0 Å². The van der Waals surface area contributed by atoms with Gasteiger partial charge in [0.2, 0.25) is 5.91 Å². The van der Waals surface area contributed by atoms with E-state index in [1.165, 1.54) is 19.3 Å². The number of hydrogen-bond donors (Lipinski definition) is 1. The third kappa shape index (κ3) is 3.99. The molecule has 3 heteroatoms. The lowest BCUT2D eigenvalue weighted by Crippen LogP contribution is -2.28. The van der Waals surface area contributed by atoms with Crippen LogP contribution in [-0.2, 0) is 4.79 Å². The Labute approximate surface area is 85.0 Å². The highest BCUT2D eigenvalue weighted by molar-refractivity contribution is 6.18. The first-order valence-electron chi connectivity index (χ1n) is 5.05. The van der Waals surface area contributed by atoms with E-state index in [2.05, 4.69) is 12.2 Å². The minimum absolute atomic E-state index is 0.0922. The van der Waals surface area contributed by atoms with E-state index in [1.54, 1.807) is 0 Å². The Balaban J connectivity index is 2.09. The first-order valence-corrected chi connectivity index (χ1v) is 5.58. The molecule has 0 heterocycles. The molecule has 1 saturated carbocycles. The Morgan fingerprint density at radius 3 is 2.85 bits per heavy atom. The highest BCUT2D eigenvalue weighted by Gasteiger charge is 2.21. The van der Waals surface area contributed by atoms with E-state index in [4.69, 9.17) is 11.6 Å². The molecule has 1 aliphatic rings. The molecule has 2 nitrogen and oxygen atoms in total. The van der Waals surface area contributed by atoms with Crippen LogP contribution in [0.25, 0.3) is 0 Å². The fourth-order valence-corrected chi connectivity index (χ4v) is 2.11. The van der Waals surface area contributed by atoms with E-state index in [9.17, 15) is 4.79 Å². The number of alkyl halides is 1. The summed E-state index contributed by atoms with van der Waals surface area (Å²) in [6.07, 6.45) is 4.29. The molecule has 76 valence electrons. The van der Waals surface area contributed by atoms with Crippen molar-refractivity contribution in [3.05, 3.63) is 0 Å². The number of hydrogen-bond acceptors (Lipinski definition) is 1. The standard InChI is InChI=1S/C10H18ClNO/c1-8-2-3-9(6-8)7-12-10(13)4-5-11/h8-9H,2-7H2,1H3,(H,12,13). The van der Waals surface area contributed by atoms with Gasteiger partial charge in [-0.15, -0.1) is 11.6 Å². The molecule has 2 atom stereocenters. The SMILES string of the molecule is CC1CCC(CNC(=O)CCCl)C1. The van der Waals surface area contributed by atoms with Crippen molar-refractivity contribution < 1.29 is 4.79 Å². The first-order chi connectivity index (χ1) is 6.22. The number of amides is 1. The zero-order chi connectivity index (χ0) is 9.68. The fraction of sp³-hybridized carbons (Fsp3) is 0.900. The Bertz CT molecular complexity index is 172. The monoisotopic (exact) mass is 203 g/mol. The van der Waals surface area contributed by atoms with E-state index in [0.29, 0.717) is 18.2 Å². The maximum Gasteiger partial charge on any atom is 0.221 e. The number of rotatable bonds is 4. The Hall–Kier alpha value is -0.240. The molecule has 1 aliphatic carbocycles. The molecule has 13 heavy (non-hydrogen) atoms. The van der Waals surface area contributed by atoms with Gasteiger partial charge in [-0.25, -0.2) is 0 Å². The summed E-state index contributed by atoms with van der Waals surface area (Å²) < 4.78 is 0. The second-order valence-electron chi connectivity index (χ2n) is 4.03. The predicted molar refractivity (Wildman–Crippen MR) is 54.9 cm³/mol. The van der Waals surface area contributed by atoms with Crippen LogP contribution >= 0.6 is 11.6 Å². The molecule has 1 rings (SSSR count). The largest absolute Gasteiger partial charge is 0.356 e. The lowest BCUT2D eigenvalue weighted by Gasteiger charge is -2.10. The van der Waals surface area contributed by atoms with Gasteiger partial charge in [0.1, 0.15) is 0 Å². The third-order valence-corrected chi connectivity index (χ3v) is 2.90. The fourth-order valence-electron chi connectivity index (χ4n) is 1.94. The second-order valence-corrected chi connectivity index (χ2v) is 4.41. The molecule has 0 radical (unpaired) electrons. The highest BCUT2D eigenvalue weighted by atomic mass is 35.5. The summed E-state index contributed by atoms with van der Waals surface area (Å²) in [5.74, 6) is 2.06. The Morgan fingerprint density at radius 2 is 2.31 bits per heavy atom. The van der Waals surface area contributed by atoms with Crippen LogP contribution in [0.15, 0.2) is 0 Å². The van der Waals surface area contributed by atoms with Crippen LogP contribution in [0, 0.1) is 11.8 Å². The van der Waals surface area contributed by atoms with Gasteiger partial charge in [-0.3, -0.25) is 4.79 Å². The molecule has 0 aromatic rings. The molecule has 0 aliphatic heterocycles. The normalized spacial score (nSPS) is 27.5. The van der Waals surface area contributed by atoms with Crippen LogP contribution in [0.2, 0.25) is 0 Å². The number of carbonyl (C=O) groups is 1. The zero-order valence-corrected chi connectivity index (χ0v) is 8.94. The van der Waals surface area contributed by atoms with Gasteiger partial charge in [-0.05, 0) is 24.7 Å². The van der Waals surface area contributed by atoms with Crippen LogP contribution < -0.4 is 5.32 Å². The van der Waals surface area contributed by atoms with E-state index in [-0.39, 0.29) is 5.91 Å².